The Morgan fingerprint density at radius 1 is 1.17 bits per heavy atom. The normalized spacial score (nSPS) is 21.8. The van der Waals surface area contributed by atoms with Gasteiger partial charge in [0, 0.05) is 54.9 Å². The van der Waals surface area contributed by atoms with E-state index in [1.54, 1.807) is 0 Å². The summed E-state index contributed by atoms with van der Waals surface area (Å²) in [4.78, 5) is 31.5. The highest BCUT2D eigenvalue weighted by molar-refractivity contribution is 5.92. The van der Waals surface area contributed by atoms with Gasteiger partial charge in [-0.05, 0) is 69.0 Å². The maximum Gasteiger partial charge on any atom is 0.345 e. The number of aromatic hydroxyl groups is 1. The summed E-state index contributed by atoms with van der Waals surface area (Å²) in [5.41, 5.74) is 2.58. The Kier molecular flexibility index (Phi) is 7.23. The van der Waals surface area contributed by atoms with E-state index in [4.69, 9.17) is 0 Å². The van der Waals surface area contributed by atoms with Gasteiger partial charge >= 0.3 is 5.97 Å². The number of H-pyrrole nitrogens is 1. The third-order valence-electron chi connectivity index (χ3n) is 8.21. The Balaban J connectivity index is 0.00000304. The number of aromatic carboxylic acids is 1. The average molecular weight is 515 g/mol. The molecule has 1 aromatic carbocycles. The van der Waals surface area contributed by atoms with Gasteiger partial charge < -0.3 is 24.7 Å². The summed E-state index contributed by atoms with van der Waals surface area (Å²) < 4.78 is 2.23. The Morgan fingerprint density at radius 2 is 1.83 bits per heavy atom. The number of aromatic amines is 1. The minimum absolute atomic E-state index is 0. The predicted octanol–water partition coefficient (Wildman–Crippen LogP) is 3.69. The van der Waals surface area contributed by atoms with Crippen molar-refractivity contribution < 1.29 is 15.0 Å². The molecule has 194 valence electrons. The molecule has 3 aromatic rings. The molecule has 0 bridgehead atoms. The van der Waals surface area contributed by atoms with E-state index in [1.807, 2.05) is 25.1 Å². The van der Waals surface area contributed by atoms with Crippen LogP contribution in [0.3, 0.4) is 0 Å². The average Bonchev–Trinajstić information content (AvgIpc) is 3.45. The van der Waals surface area contributed by atoms with Crippen LogP contribution >= 0.6 is 12.4 Å². The number of fused-ring (bicyclic) bond motifs is 2. The first kappa shape index (κ1) is 26.3. The number of likely N-dealkylation sites (tertiary alicyclic amines) is 1. The maximum atomic E-state index is 12.4. The molecule has 0 radical (unpaired) electrons. The van der Waals surface area contributed by atoms with E-state index in [9.17, 15) is 19.8 Å². The second-order valence-corrected chi connectivity index (χ2v) is 10.5. The molecule has 0 spiro atoms. The first-order chi connectivity index (χ1) is 16.7. The van der Waals surface area contributed by atoms with Crippen molar-refractivity contribution in [3.05, 3.63) is 51.4 Å². The minimum atomic E-state index is -1.43. The zero-order valence-corrected chi connectivity index (χ0v) is 22.1. The number of pyridine rings is 1. The van der Waals surface area contributed by atoms with Gasteiger partial charge in [-0.15, -0.1) is 12.4 Å². The molecule has 1 aliphatic heterocycles. The molecule has 3 heterocycles. The van der Waals surface area contributed by atoms with Crippen molar-refractivity contribution in [1.29, 1.82) is 0 Å². The van der Waals surface area contributed by atoms with E-state index < -0.39 is 22.8 Å². The number of aryl methyl sites for hydroxylation is 1. The zero-order valence-electron chi connectivity index (χ0n) is 21.2. The van der Waals surface area contributed by atoms with Gasteiger partial charge in [-0.2, -0.15) is 0 Å². The Bertz CT molecular complexity index is 1350. The van der Waals surface area contributed by atoms with Crippen LogP contribution in [0.25, 0.3) is 22.2 Å². The van der Waals surface area contributed by atoms with Crippen LogP contribution in [0, 0.1) is 11.8 Å². The van der Waals surface area contributed by atoms with Gasteiger partial charge in [0.05, 0.1) is 5.69 Å². The monoisotopic (exact) mass is 514 g/mol. The topological polar surface area (TPSA) is 102 Å². The highest BCUT2D eigenvalue weighted by Crippen LogP contribution is 2.40. The molecule has 36 heavy (non-hydrogen) atoms. The Hall–Kier alpha value is -2.81. The van der Waals surface area contributed by atoms with Crippen LogP contribution in [0.2, 0.25) is 0 Å². The molecule has 0 unspecified atom stereocenters. The van der Waals surface area contributed by atoms with Crippen LogP contribution in [0.1, 0.15) is 41.4 Å². The van der Waals surface area contributed by atoms with Crippen molar-refractivity contribution in [3.63, 3.8) is 0 Å². The fourth-order valence-electron chi connectivity index (χ4n) is 6.28. The smallest absolute Gasteiger partial charge is 0.345 e. The summed E-state index contributed by atoms with van der Waals surface area (Å²) >= 11 is 0. The fraction of sp³-hybridized carbons (Fsp3) is 0.481. The first-order valence-electron chi connectivity index (χ1n) is 12.4. The minimum Gasteiger partial charge on any atom is -0.506 e. The number of halogens is 1. The third-order valence-corrected chi connectivity index (χ3v) is 8.21. The number of hydrogen-bond donors (Lipinski definition) is 3. The van der Waals surface area contributed by atoms with E-state index in [0.717, 1.165) is 47.9 Å². The van der Waals surface area contributed by atoms with Crippen molar-refractivity contribution in [2.45, 2.75) is 38.8 Å². The largest absolute Gasteiger partial charge is 0.506 e. The number of rotatable bonds is 6. The lowest BCUT2D eigenvalue weighted by atomic mass is 9.99. The number of nitrogens with zero attached hydrogens (tertiary/aromatic N) is 3. The molecule has 8 nitrogen and oxygen atoms in total. The molecule has 2 aromatic heterocycles. The molecule has 1 saturated carbocycles. The number of aromatic nitrogens is 2. The van der Waals surface area contributed by atoms with Crippen molar-refractivity contribution in [2.75, 3.05) is 27.2 Å². The maximum absolute atomic E-state index is 12.4. The van der Waals surface area contributed by atoms with Gasteiger partial charge in [0.2, 0.25) is 0 Å². The van der Waals surface area contributed by atoms with Crippen LogP contribution in [0.4, 0.5) is 0 Å². The SMILES string of the molecule is CCc1c(-c2ccc3c(c2)cc(CN2C[C@H]4C[C@@H](N(C)C)C[C@H]4C2)n3C)[nH]c(=O)c(C(=O)O)c1O.Cl. The molecular formula is C27H35ClN4O4. The lowest BCUT2D eigenvalue weighted by Crippen LogP contribution is -2.29. The summed E-state index contributed by atoms with van der Waals surface area (Å²) in [6, 6.07) is 8.85. The summed E-state index contributed by atoms with van der Waals surface area (Å²) in [7, 11) is 6.46. The summed E-state index contributed by atoms with van der Waals surface area (Å²) in [6.45, 7) is 5.04. The molecule has 2 fully saturated rings. The number of carboxylic acid groups (broad SMARTS) is 1. The number of hydrogen-bond acceptors (Lipinski definition) is 5. The molecule has 1 saturated heterocycles. The second kappa shape index (κ2) is 9.92. The predicted molar refractivity (Wildman–Crippen MR) is 143 cm³/mol. The third kappa shape index (κ3) is 4.42. The molecule has 0 amide bonds. The van der Waals surface area contributed by atoms with Crippen LogP contribution in [-0.4, -0.2) is 68.8 Å². The Labute approximate surface area is 216 Å². The van der Waals surface area contributed by atoms with Crippen molar-refractivity contribution in [1.82, 2.24) is 19.4 Å². The van der Waals surface area contributed by atoms with Crippen LogP contribution < -0.4 is 5.56 Å². The van der Waals surface area contributed by atoms with Gasteiger partial charge in [-0.3, -0.25) is 9.69 Å². The lowest BCUT2D eigenvalue weighted by molar-refractivity contribution is 0.0691. The lowest BCUT2D eigenvalue weighted by Gasteiger charge is -2.23. The van der Waals surface area contributed by atoms with E-state index in [-0.39, 0.29) is 12.4 Å². The number of nitrogens with one attached hydrogen (secondary N) is 1. The summed E-state index contributed by atoms with van der Waals surface area (Å²) in [6.07, 6.45) is 2.97. The number of benzene rings is 1. The Morgan fingerprint density at radius 3 is 2.42 bits per heavy atom. The number of carboxylic acids is 1. The van der Waals surface area contributed by atoms with Gasteiger partial charge in [0.25, 0.3) is 5.56 Å². The molecule has 2 aliphatic rings. The highest BCUT2D eigenvalue weighted by Gasteiger charge is 2.41. The van der Waals surface area contributed by atoms with Gasteiger partial charge in [0.1, 0.15) is 5.75 Å². The zero-order chi connectivity index (χ0) is 25.0. The highest BCUT2D eigenvalue weighted by atomic mass is 35.5. The quantitative estimate of drug-likeness (QED) is 0.463. The van der Waals surface area contributed by atoms with Gasteiger partial charge in [-0.1, -0.05) is 13.0 Å². The first-order valence-corrected chi connectivity index (χ1v) is 12.4. The molecule has 3 N–H and O–H groups in total. The molecule has 3 atom stereocenters. The van der Waals surface area contributed by atoms with E-state index in [1.165, 1.54) is 18.5 Å². The van der Waals surface area contributed by atoms with Crippen LogP contribution in [-0.2, 0) is 20.0 Å². The van der Waals surface area contributed by atoms with Crippen molar-refractivity contribution in [3.8, 4) is 17.0 Å². The molecule has 9 heteroatoms. The molecule has 5 rings (SSSR count). The van der Waals surface area contributed by atoms with E-state index >= 15 is 0 Å². The van der Waals surface area contributed by atoms with E-state index in [2.05, 4.69) is 46.6 Å². The van der Waals surface area contributed by atoms with Crippen molar-refractivity contribution >= 4 is 29.3 Å². The molecule has 1 aliphatic carbocycles. The van der Waals surface area contributed by atoms with Gasteiger partial charge in [-0.25, -0.2) is 4.79 Å². The fourth-order valence-corrected chi connectivity index (χ4v) is 6.28. The van der Waals surface area contributed by atoms with Crippen LogP contribution in [0.5, 0.6) is 5.75 Å². The molecular weight excluding hydrogens is 480 g/mol. The van der Waals surface area contributed by atoms with Crippen LogP contribution in [0.15, 0.2) is 29.1 Å². The summed E-state index contributed by atoms with van der Waals surface area (Å²) in [5.74, 6) is -0.316. The summed E-state index contributed by atoms with van der Waals surface area (Å²) in [5, 5.41) is 20.9. The standard InChI is InChI=1S/C27H34N4O4.ClH/c1-5-21-24(28-26(33)23(25(21)32)27(34)35)15-6-7-22-16(8-15)9-20(30(22)4)14-31-12-17-10-19(29(2)3)11-18(17)13-31;/h6-9,17-19H,5,10-14H2,1-4H3,(H,34,35)(H2,28,32,33);1H/t17-,18+,19-;. The second-order valence-electron chi connectivity index (χ2n) is 10.5. The van der Waals surface area contributed by atoms with E-state index in [0.29, 0.717) is 23.7 Å². The number of carbonyl (C=O) groups is 1. The van der Waals surface area contributed by atoms with Crippen molar-refractivity contribution in [2.24, 2.45) is 18.9 Å². The van der Waals surface area contributed by atoms with Gasteiger partial charge in [0.15, 0.2) is 5.56 Å².